The zero-order chi connectivity index (χ0) is 12.6. The van der Waals surface area contributed by atoms with E-state index in [9.17, 15) is 4.79 Å². The summed E-state index contributed by atoms with van der Waals surface area (Å²) in [6.07, 6.45) is 10.1. The molecule has 1 N–H and O–H groups in total. The van der Waals surface area contributed by atoms with Crippen molar-refractivity contribution in [3.63, 3.8) is 0 Å². The van der Waals surface area contributed by atoms with Gasteiger partial charge in [-0.1, -0.05) is 32.6 Å². The van der Waals surface area contributed by atoms with Crippen molar-refractivity contribution in [1.29, 1.82) is 5.26 Å². The first-order chi connectivity index (χ1) is 8.22. The third-order valence-corrected chi connectivity index (χ3v) is 3.56. The number of rotatable bonds is 7. The lowest BCUT2D eigenvalue weighted by atomic mass is 9.99. The normalized spacial score (nSPS) is 17.6. The summed E-state index contributed by atoms with van der Waals surface area (Å²) in [6.45, 7) is 2.18. The number of nitriles is 1. The van der Waals surface area contributed by atoms with Crippen molar-refractivity contribution in [3.8, 4) is 6.07 Å². The first kappa shape index (κ1) is 14.0. The second-order valence-corrected chi connectivity index (χ2v) is 5.11. The van der Waals surface area contributed by atoms with Crippen molar-refractivity contribution in [1.82, 2.24) is 5.32 Å². The highest BCUT2D eigenvalue weighted by atomic mass is 16.1. The molecule has 1 saturated carbocycles. The number of unbranched alkanes of at least 4 members (excludes halogenated alkanes) is 4. The third-order valence-electron chi connectivity index (χ3n) is 3.56. The Morgan fingerprint density at radius 3 is 2.47 bits per heavy atom. The number of hydrogen-bond donors (Lipinski definition) is 1. The van der Waals surface area contributed by atoms with Crippen LogP contribution in [0.2, 0.25) is 0 Å². The predicted molar refractivity (Wildman–Crippen MR) is 68.3 cm³/mol. The first-order valence-corrected chi connectivity index (χ1v) is 6.95. The van der Waals surface area contributed by atoms with E-state index in [1.54, 1.807) is 0 Å². The Bertz CT molecular complexity index is 274. The molecule has 1 aliphatic rings. The van der Waals surface area contributed by atoms with E-state index in [4.69, 9.17) is 5.26 Å². The van der Waals surface area contributed by atoms with Gasteiger partial charge in [-0.15, -0.1) is 0 Å². The Morgan fingerprint density at radius 1 is 1.24 bits per heavy atom. The van der Waals surface area contributed by atoms with Gasteiger partial charge >= 0.3 is 0 Å². The molecule has 0 aliphatic heterocycles. The van der Waals surface area contributed by atoms with Crippen LogP contribution in [0.5, 0.6) is 0 Å². The van der Waals surface area contributed by atoms with Crippen LogP contribution in [0.3, 0.4) is 0 Å². The summed E-state index contributed by atoms with van der Waals surface area (Å²) >= 11 is 0. The zero-order valence-corrected chi connectivity index (χ0v) is 10.9. The lowest BCUT2D eigenvalue weighted by Gasteiger charge is -2.21. The van der Waals surface area contributed by atoms with Gasteiger partial charge in [0.1, 0.15) is 5.54 Å². The van der Waals surface area contributed by atoms with Crippen molar-refractivity contribution in [2.75, 3.05) is 0 Å². The molecule has 1 fully saturated rings. The van der Waals surface area contributed by atoms with Crippen molar-refractivity contribution in [2.24, 2.45) is 0 Å². The Labute approximate surface area is 105 Å². The molecule has 0 unspecified atom stereocenters. The van der Waals surface area contributed by atoms with Gasteiger partial charge in [0.25, 0.3) is 0 Å². The molecule has 0 radical (unpaired) electrons. The van der Waals surface area contributed by atoms with E-state index in [1.165, 1.54) is 19.3 Å². The maximum absolute atomic E-state index is 11.7. The average molecular weight is 236 g/mol. The van der Waals surface area contributed by atoms with Crippen LogP contribution >= 0.6 is 0 Å². The molecular formula is C14H24N2O. The van der Waals surface area contributed by atoms with E-state index < -0.39 is 5.54 Å². The van der Waals surface area contributed by atoms with E-state index >= 15 is 0 Å². The number of nitrogens with one attached hydrogen (secondary N) is 1. The molecule has 3 heteroatoms. The maximum Gasteiger partial charge on any atom is 0.221 e. The molecule has 0 saturated heterocycles. The Kier molecular flexibility index (Phi) is 6.04. The van der Waals surface area contributed by atoms with Gasteiger partial charge in [-0.05, 0) is 32.1 Å². The lowest BCUT2D eigenvalue weighted by molar-refractivity contribution is -0.122. The summed E-state index contributed by atoms with van der Waals surface area (Å²) in [5.41, 5.74) is -0.541. The summed E-state index contributed by atoms with van der Waals surface area (Å²) in [4.78, 5) is 11.7. The fourth-order valence-electron chi connectivity index (χ4n) is 2.46. The molecule has 1 rings (SSSR count). The van der Waals surface area contributed by atoms with E-state index in [0.717, 1.165) is 38.5 Å². The van der Waals surface area contributed by atoms with E-state index in [2.05, 4.69) is 18.3 Å². The van der Waals surface area contributed by atoms with Gasteiger partial charge in [-0.3, -0.25) is 4.79 Å². The fourth-order valence-corrected chi connectivity index (χ4v) is 2.46. The van der Waals surface area contributed by atoms with Gasteiger partial charge in [0.05, 0.1) is 6.07 Å². The predicted octanol–water partition coefficient (Wildman–Crippen LogP) is 3.30. The summed E-state index contributed by atoms with van der Waals surface area (Å²) in [5, 5.41) is 12.1. The van der Waals surface area contributed by atoms with Crippen molar-refractivity contribution in [2.45, 2.75) is 76.7 Å². The molecule has 0 aromatic carbocycles. The molecule has 1 aliphatic carbocycles. The highest BCUT2D eigenvalue weighted by Gasteiger charge is 2.34. The topological polar surface area (TPSA) is 52.9 Å². The lowest BCUT2D eigenvalue weighted by Crippen LogP contribution is -2.44. The third kappa shape index (κ3) is 4.77. The largest absolute Gasteiger partial charge is 0.338 e. The molecular weight excluding hydrogens is 212 g/mol. The SMILES string of the molecule is CCCCCCCC(=O)NC1(C#N)CCCC1. The van der Waals surface area contributed by atoms with Gasteiger partial charge < -0.3 is 5.32 Å². The van der Waals surface area contributed by atoms with Crippen LogP contribution < -0.4 is 5.32 Å². The molecule has 0 bridgehead atoms. The van der Waals surface area contributed by atoms with Crippen LogP contribution in [0, 0.1) is 11.3 Å². The van der Waals surface area contributed by atoms with Crippen molar-refractivity contribution in [3.05, 3.63) is 0 Å². The molecule has 0 aromatic rings. The fraction of sp³-hybridized carbons (Fsp3) is 0.857. The van der Waals surface area contributed by atoms with Crippen LogP contribution in [0.15, 0.2) is 0 Å². The second-order valence-electron chi connectivity index (χ2n) is 5.11. The Hall–Kier alpha value is -1.04. The average Bonchev–Trinajstić information content (AvgIpc) is 2.78. The number of amides is 1. The Morgan fingerprint density at radius 2 is 1.88 bits per heavy atom. The van der Waals surface area contributed by atoms with Crippen LogP contribution in [0.4, 0.5) is 0 Å². The minimum Gasteiger partial charge on any atom is -0.338 e. The molecule has 0 atom stereocenters. The van der Waals surface area contributed by atoms with E-state index in [-0.39, 0.29) is 5.91 Å². The van der Waals surface area contributed by atoms with Crippen molar-refractivity contribution < 1.29 is 4.79 Å². The van der Waals surface area contributed by atoms with E-state index in [1.807, 2.05) is 0 Å². The van der Waals surface area contributed by atoms with Gasteiger partial charge in [0, 0.05) is 6.42 Å². The smallest absolute Gasteiger partial charge is 0.221 e. The number of carbonyl (C=O) groups is 1. The molecule has 96 valence electrons. The molecule has 3 nitrogen and oxygen atoms in total. The number of carbonyl (C=O) groups excluding carboxylic acids is 1. The quantitative estimate of drug-likeness (QED) is 0.689. The van der Waals surface area contributed by atoms with Gasteiger partial charge in [0.2, 0.25) is 5.91 Å². The first-order valence-electron chi connectivity index (χ1n) is 6.95. The zero-order valence-electron chi connectivity index (χ0n) is 10.9. The maximum atomic E-state index is 11.7. The monoisotopic (exact) mass is 236 g/mol. The summed E-state index contributed by atoms with van der Waals surface area (Å²) in [5.74, 6) is 0.0601. The molecule has 0 aromatic heterocycles. The molecule has 0 heterocycles. The highest BCUT2D eigenvalue weighted by molar-refractivity contribution is 5.77. The van der Waals surface area contributed by atoms with Crippen LogP contribution in [0.1, 0.15) is 71.1 Å². The highest BCUT2D eigenvalue weighted by Crippen LogP contribution is 2.28. The van der Waals surface area contributed by atoms with Crippen LogP contribution in [-0.2, 0) is 4.79 Å². The van der Waals surface area contributed by atoms with Gasteiger partial charge in [0.15, 0.2) is 0 Å². The van der Waals surface area contributed by atoms with E-state index in [0.29, 0.717) is 6.42 Å². The molecule has 0 spiro atoms. The summed E-state index contributed by atoms with van der Waals surface area (Å²) < 4.78 is 0. The minimum absolute atomic E-state index is 0.0601. The standard InChI is InChI=1S/C14H24N2O/c1-2-3-4-5-6-9-13(17)16-14(12-15)10-7-8-11-14/h2-11H2,1H3,(H,16,17). The number of hydrogen-bond acceptors (Lipinski definition) is 2. The van der Waals surface area contributed by atoms with Crippen LogP contribution in [-0.4, -0.2) is 11.4 Å². The second kappa shape index (κ2) is 7.32. The summed E-state index contributed by atoms with van der Waals surface area (Å²) in [6, 6.07) is 2.29. The Balaban J connectivity index is 2.18. The van der Waals surface area contributed by atoms with Gasteiger partial charge in [-0.25, -0.2) is 0 Å². The summed E-state index contributed by atoms with van der Waals surface area (Å²) in [7, 11) is 0. The van der Waals surface area contributed by atoms with Crippen LogP contribution in [0.25, 0.3) is 0 Å². The van der Waals surface area contributed by atoms with Crippen molar-refractivity contribution >= 4 is 5.91 Å². The number of nitrogens with zero attached hydrogens (tertiary/aromatic N) is 1. The molecule has 1 amide bonds. The minimum atomic E-state index is -0.541. The van der Waals surface area contributed by atoms with Gasteiger partial charge in [-0.2, -0.15) is 5.26 Å². The molecule has 17 heavy (non-hydrogen) atoms.